The van der Waals surface area contributed by atoms with E-state index in [0.29, 0.717) is 5.56 Å². The molecule has 0 aromatic heterocycles. The van der Waals surface area contributed by atoms with Crippen LogP contribution in [-0.4, -0.2) is 17.0 Å². The molecule has 3 aromatic carbocycles. The number of anilines is 1. The quantitative estimate of drug-likeness (QED) is 0.683. The molecule has 0 saturated carbocycles. The molecule has 0 aliphatic rings. The van der Waals surface area contributed by atoms with Crippen molar-refractivity contribution in [1.82, 2.24) is 0 Å². The van der Waals surface area contributed by atoms with E-state index >= 15 is 0 Å². The number of halogens is 2. The molecule has 7 heteroatoms. The van der Waals surface area contributed by atoms with Crippen LogP contribution in [0.2, 0.25) is 0 Å². The Morgan fingerprint density at radius 3 is 2.37 bits per heavy atom. The van der Waals surface area contributed by atoms with E-state index < -0.39 is 23.5 Å². The second kappa shape index (κ2) is 7.65. The first-order valence-corrected chi connectivity index (χ1v) is 7.80. The van der Waals surface area contributed by atoms with E-state index in [1.807, 2.05) is 0 Å². The highest BCUT2D eigenvalue weighted by Gasteiger charge is 2.16. The van der Waals surface area contributed by atoms with E-state index in [4.69, 9.17) is 4.74 Å². The summed E-state index contributed by atoms with van der Waals surface area (Å²) in [5, 5.41) is 11.8. The zero-order chi connectivity index (χ0) is 19.4. The monoisotopic (exact) mass is 369 g/mol. The maximum absolute atomic E-state index is 13.7. The van der Waals surface area contributed by atoms with Crippen molar-refractivity contribution in [1.29, 1.82) is 0 Å². The van der Waals surface area contributed by atoms with E-state index in [-0.39, 0.29) is 22.7 Å². The molecule has 2 N–H and O–H groups in total. The summed E-state index contributed by atoms with van der Waals surface area (Å²) in [6.07, 6.45) is 0. The van der Waals surface area contributed by atoms with Gasteiger partial charge in [-0.1, -0.05) is 18.2 Å². The summed E-state index contributed by atoms with van der Waals surface area (Å²) in [5.41, 5.74) is 0.119. The number of amides is 1. The number of nitrogens with one attached hydrogen (secondary N) is 1. The molecule has 0 aliphatic carbocycles. The SMILES string of the molecule is O=C(Nc1cc(Oc2cc(F)ccc2F)ccc1C(=O)O)c1ccccc1. The molecule has 0 unspecified atom stereocenters. The lowest BCUT2D eigenvalue weighted by Crippen LogP contribution is -2.14. The van der Waals surface area contributed by atoms with Crippen LogP contribution < -0.4 is 10.1 Å². The van der Waals surface area contributed by atoms with Crippen molar-refractivity contribution < 1.29 is 28.2 Å². The molecule has 0 spiro atoms. The molecular formula is C20H13F2NO4. The molecule has 0 bridgehead atoms. The summed E-state index contributed by atoms with van der Waals surface area (Å²) >= 11 is 0. The van der Waals surface area contributed by atoms with Gasteiger partial charge in [0.2, 0.25) is 0 Å². The predicted octanol–water partition coefficient (Wildman–Crippen LogP) is 4.71. The highest BCUT2D eigenvalue weighted by atomic mass is 19.1. The van der Waals surface area contributed by atoms with Crippen molar-refractivity contribution in [2.75, 3.05) is 5.32 Å². The van der Waals surface area contributed by atoms with Crippen LogP contribution in [0.15, 0.2) is 66.7 Å². The number of hydrogen-bond donors (Lipinski definition) is 2. The Balaban J connectivity index is 1.92. The number of carbonyl (C=O) groups excluding carboxylic acids is 1. The standard InChI is InChI=1S/C20H13F2NO4/c21-13-6-9-16(22)18(10-13)27-14-7-8-15(20(25)26)17(11-14)23-19(24)12-4-2-1-3-5-12/h1-11H,(H,23,24)(H,25,26). The summed E-state index contributed by atoms with van der Waals surface area (Å²) in [6.45, 7) is 0. The van der Waals surface area contributed by atoms with E-state index in [1.165, 1.54) is 18.2 Å². The minimum Gasteiger partial charge on any atom is -0.478 e. The Morgan fingerprint density at radius 2 is 1.67 bits per heavy atom. The van der Waals surface area contributed by atoms with Crippen LogP contribution in [0.5, 0.6) is 11.5 Å². The van der Waals surface area contributed by atoms with Gasteiger partial charge in [-0.15, -0.1) is 0 Å². The molecular weight excluding hydrogens is 356 g/mol. The molecule has 0 aliphatic heterocycles. The Bertz CT molecular complexity index is 1010. The van der Waals surface area contributed by atoms with Gasteiger partial charge < -0.3 is 15.2 Å². The minimum absolute atomic E-state index is 0.0351. The Morgan fingerprint density at radius 1 is 0.926 bits per heavy atom. The summed E-state index contributed by atoms with van der Waals surface area (Å²) in [4.78, 5) is 23.7. The van der Waals surface area contributed by atoms with Crippen LogP contribution in [0.4, 0.5) is 14.5 Å². The van der Waals surface area contributed by atoms with Gasteiger partial charge in [0.25, 0.3) is 5.91 Å². The molecule has 0 heterocycles. The third-order valence-electron chi connectivity index (χ3n) is 3.63. The second-order valence-corrected chi connectivity index (χ2v) is 5.51. The fraction of sp³-hybridized carbons (Fsp3) is 0. The fourth-order valence-corrected chi connectivity index (χ4v) is 2.34. The molecule has 27 heavy (non-hydrogen) atoms. The lowest BCUT2D eigenvalue weighted by atomic mass is 10.1. The lowest BCUT2D eigenvalue weighted by Gasteiger charge is -2.12. The van der Waals surface area contributed by atoms with Gasteiger partial charge >= 0.3 is 5.97 Å². The van der Waals surface area contributed by atoms with Crippen LogP contribution >= 0.6 is 0 Å². The van der Waals surface area contributed by atoms with E-state index in [0.717, 1.165) is 18.2 Å². The van der Waals surface area contributed by atoms with Gasteiger partial charge in [0.15, 0.2) is 11.6 Å². The molecule has 3 rings (SSSR count). The van der Waals surface area contributed by atoms with Gasteiger partial charge in [-0.05, 0) is 36.4 Å². The predicted molar refractivity (Wildman–Crippen MR) is 94.2 cm³/mol. The molecule has 0 fully saturated rings. The Kier molecular flexibility index (Phi) is 5.12. The normalized spacial score (nSPS) is 10.3. The Labute approximate surface area is 152 Å². The molecule has 136 valence electrons. The zero-order valence-corrected chi connectivity index (χ0v) is 13.8. The van der Waals surface area contributed by atoms with Gasteiger partial charge in [-0.3, -0.25) is 4.79 Å². The number of carboxylic acids is 1. The molecule has 0 atom stereocenters. The summed E-state index contributed by atoms with van der Waals surface area (Å²) in [5.74, 6) is -3.58. The molecule has 0 radical (unpaired) electrons. The largest absolute Gasteiger partial charge is 0.478 e. The van der Waals surface area contributed by atoms with Gasteiger partial charge in [-0.2, -0.15) is 0 Å². The molecule has 1 amide bonds. The maximum atomic E-state index is 13.7. The highest BCUT2D eigenvalue weighted by Crippen LogP contribution is 2.29. The first kappa shape index (κ1) is 18.1. The van der Waals surface area contributed by atoms with Crippen molar-refractivity contribution in [3.8, 4) is 11.5 Å². The van der Waals surface area contributed by atoms with Crippen LogP contribution in [0.3, 0.4) is 0 Å². The first-order chi connectivity index (χ1) is 12.9. The third-order valence-corrected chi connectivity index (χ3v) is 3.63. The minimum atomic E-state index is -1.26. The van der Waals surface area contributed by atoms with Crippen molar-refractivity contribution in [3.63, 3.8) is 0 Å². The number of ether oxygens (including phenoxy) is 1. The lowest BCUT2D eigenvalue weighted by molar-refractivity contribution is 0.0698. The van der Waals surface area contributed by atoms with Crippen molar-refractivity contribution >= 4 is 17.6 Å². The third kappa shape index (κ3) is 4.27. The van der Waals surface area contributed by atoms with Crippen LogP contribution in [-0.2, 0) is 0 Å². The number of carboxylic acid groups (broad SMARTS) is 1. The van der Waals surface area contributed by atoms with Crippen LogP contribution in [0.1, 0.15) is 20.7 Å². The summed E-state index contributed by atoms with van der Waals surface area (Å²) in [7, 11) is 0. The molecule has 0 saturated heterocycles. The van der Waals surface area contributed by atoms with Crippen molar-refractivity contribution in [3.05, 3.63) is 89.5 Å². The summed E-state index contributed by atoms with van der Waals surface area (Å²) in [6, 6.07) is 14.6. The molecule has 3 aromatic rings. The van der Waals surface area contributed by atoms with Crippen molar-refractivity contribution in [2.24, 2.45) is 0 Å². The van der Waals surface area contributed by atoms with Crippen LogP contribution in [0.25, 0.3) is 0 Å². The van der Waals surface area contributed by atoms with Crippen molar-refractivity contribution in [2.45, 2.75) is 0 Å². The highest BCUT2D eigenvalue weighted by molar-refractivity contribution is 6.07. The first-order valence-electron chi connectivity index (χ1n) is 7.80. The average Bonchev–Trinajstić information content (AvgIpc) is 2.65. The van der Waals surface area contributed by atoms with Gasteiger partial charge in [0.05, 0.1) is 11.3 Å². The second-order valence-electron chi connectivity index (χ2n) is 5.51. The topological polar surface area (TPSA) is 75.6 Å². The number of carbonyl (C=O) groups is 2. The summed E-state index contributed by atoms with van der Waals surface area (Å²) < 4.78 is 32.3. The molecule has 5 nitrogen and oxygen atoms in total. The average molecular weight is 369 g/mol. The number of hydrogen-bond acceptors (Lipinski definition) is 3. The fourth-order valence-electron chi connectivity index (χ4n) is 2.34. The number of benzene rings is 3. The van der Waals surface area contributed by atoms with Gasteiger partial charge in [-0.25, -0.2) is 13.6 Å². The van der Waals surface area contributed by atoms with E-state index in [2.05, 4.69) is 5.32 Å². The van der Waals surface area contributed by atoms with E-state index in [1.54, 1.807) is 30.3 Å². The van der Waals surface area contributed by atoms with Gasteiger partial charge in [0.1, 0.15) is 11.6 Å². The van der Waals surface area contributed by atoms with E-state index in [9.17, 15) is 23.5 Å². The zero-order valence-electron chi connectivity index (χ0n) is 13.8. The number of rotatable bonds is 5. The van der Waals surface area contributed by atoms with Crippen LogP contribution in [0, 0.1) is 11.6 Å². The number of aromatic carboxylic acids is 1. The Hall–Kier alpha value is -3.74. The maximum Gasteiger partial charge on any atom is 0.337 e. The van der Waals surface area contributed by atoms with Gasteiger partial charge in [0, 0.05) is 17.7 Å². The smallest absolute Gasteiger partial charge is 0.337 e.